The van der Waals surface area contributed by atoms with E-state index >= 15 is 0 Å². The molecule has 1 saturated heterocycles. The summed E-state index contributed by atoms with van der Waals surface area (Å²) < 4.78 is 7.85. The summed E-state index contributed by atoms with van der Waals surface area (Å²) in [6.07, 6.45) is 1.12. The van der Waals surface area contributed by atoms with Gasteiger partial charge in [0.05, 0.1) is 24.2 Å². The fourth-order valence-corrected chi connectivity index (χ4v) is 3.85. The first-order valence-electron chi connectivity index (χ1n) is 9.55. The molecule has 0 aliphatic carbocycles. The maximum atomic E-state index is 5.45. The highest BCUT2D eigenvalue weighted by Gasteiger charge is 2.15. The molecule has 0 radical (unpaired) electrons. The van der Waals surface area contributed by atoms with Gasteiger partial charge in [0, 0.05) is 31.7 Å². The molecule has 4 nitrogen and oxygen atoms in total. The van der Waals surface area contributed by atoms with Crippen LogP contribution in [0.3, 0.4) is 0 Å². The Morgan fingerprint density at radius 1 is 1.00 bits per heavy atom. The Kier molecular flexibility index (Phi) is 5.05. The monoisotopic (exact) mass is 349 g/mol. The van der Waals surface area contributed by atoms with Crippen molar-refractivity contribution in [2.75, 3.05) is 32.8 Å². The molecule has 1 aliphatic heterocycles. The Bertz CT molecular complexity index is 894. The van der Waals surface area contributed by atoms with Crippen LogP contribution in [0.4, 0.5) is 0 Å². The van der Waals surface area contributed by atoms with Crippen LogP contribution < -0.4 is 0 Å². The number of aryl methyl sites for hydroxylation is 3. The Morgan fingerprint density at radius 3 is 2.62 bits per heavy atom. The summed E-state index contributed by atoms with van der Waals surface area (Å²) in [5.41, 5.74) is 6.12. The molecule has 0 saturated carbocycles. The Morgan fingerprint density at radius 2 is 1.81 bits per heavy atom. The molecule has 0 amide bonds. The lowest BCUT2D eigenvalue weighted by molar-refractivity contribution is 0.0370. The van der Waals surface area contributed by atoms with Crippen molar-refractivity contribution in [1.82, 2.24) is 14.5 Å². The molecular formula is C22H27N3O. The van der Waals surface area contributed by atoms with E-state index < -0.39 is 0 Å². The molecule has 0 atom stereocenters. The molecule has 1 aromatic heterocycles. The third-order valence-corrected chi connectivity index (χ3v) is 5.24. The molecule has 26 heavy (non-hydrogen) atoms. The zero-order chi connectivity index (χ0) is 17.9. The fourth-order valence-electron chi connectivity index (χ4n) is 3.85. The van der Waals surface area contributed by atoms with Gasteiger partial charge in [-0.2, -0.15) is 0 Å². The minimum absolute atomic E-state index is 0.863. The van der Waals surface area contributed by atoms with Gasteiger partial charge in [-0.1, -0.05) is 35.9 Å². The summed E-state index contributed by atoms with van der Waals surface area (Å²) in [6.45, 7) is 10.2. The molecule has 2 aromatic carbocycles. The predicted octanol–water partition coefficient (Wildman–Crippen LogP) is 4.04. The molecule has 136 valence electrons. The molecule has 1 aliphatic rings. The van der Waals surface area contributed by atoms with E-state index in [2.05, 4.69) is 65.8 Å². The average molecular weight is 349 g/mol. The summed E-state index contributed by atoms with van der Waals surface area (Å²) in [5.74, 6) is 1.09. The van der Waals surface area contributed by atoms with Crippen molar-refractivity contribution in [3.05, 3.63) is 53.6 Å². The molecule has 4 heteroatoms. The summed E-state index contributed by atoms with van der Waals surface area (Å²) in [4.78, 5) is 7.47. The number of rotatable bonds is 5. The van der Waals surface area contributed by atoms with E-state index in [4.69, 9.17) is 9.72 Å². The lowest BCUT2D eigenvalue weighted by Gasteiger charge is -2.26. The number of imidazole rings is 1. The highest BCUT2D eigenvalue weighted by atomic mass is 16.5. The topological polar surface area (TPSA) is 30.3 Å². The van der Waals surface area contributed by atoms with Gasteiger partial charge >= 0.3 is 0 Å². The van der Waals surface area contributed by atoms with Crippen molar-refractivity contribution in [3.63, 3.8) is 0 Å². The molecule has 0 spiro atoms. The minimum atomic E-state index is 0.863. The number of morpholine rings is 1. The van der Waals surface area contributed by atoms with Gasteiger partial charge in [0.15, 0.2) is 0 Å². The van der Waals surface area contributed by atoms with Gasteiger partial charge in [-0.15, -0.1) is 0 Å². The number of ether oxygens (including phenoxy) is 1. The van der Waals surface area contributed by atoms with Crippen LogP contribution in [0.1, 0.15) is 17.5 Å². The molecule has 1 fully saturated rings. The molecule has 0 N–H and O–H groups in total. The number of fused-ring (bicyclic) bond motifs is 1. The lowest BCUT2D eigenvalue weighted by Crippen LogP contribution is -2.37. The van der Waals surface area contributed by atoms with Crippen LogP contribution in [0.25, 0.3) is 22.4 Å². The van der Waals surface area contributed by atoms with E-state index in [1.54, 1.807) is 0 Å². The molecule has 4 rings (SSSR count). The van der Waals surface area contributed by atoms with Crippen LogP contribution in [0.2, 0.25) is 0 Å². The van der Waals surface area contributed by atoms with Crippen LogP contribution in [0.5, 0.6) is 0 Å². The van der Waals surface area contributed by atoms with Gasteiger partial charge in [0.25, 0.3) is 0 Å². The summed E-state index contributed by atoms with van der Waals surface area (Å²) in [7, 11) is 0. The number of nitrogens with zero attached hydrogens (tertiary/aromatic N) is 3. The van der Waals surface area contributed by atoms with Crippen LogP contribution in [-0.2, 0) is 11.3 Å². The van der Waals surface area contributed by atoms with Crippen molar-refractivity contribution in [2.45, 2.75) is 26.8 Å². The van der Waals surface area contributed by atoms with Crippen molar-refractivity contribution in [2.24, 2.45) is 0 Å². The normalized spacial score (nSPS) is 15.6. The second-order valence-corrected chi connectivity index (χ2v) is 7.20. The molecule has 0 bridgehead atoms. The van der Waals surface area contributed by atoms with Crippen molar-refractivity contribution < 1.29 is 4.74 Å². The number of aromatic nitrogens is 2. The first kappa shape index (κ1) is 17.3. The van der Waals surface area contributed by atoms with E-state index in [0.29, 0.717) is 0 Å². The molecule has 2 heterocycles. The van der Waals surface area contributed by atoms with E-state index in [0.717, 1.165) is 57.2 Å². The Balaban J connectivity index is 1.63. The second-order valence-electron chi connectivity index (χ2n) is 7.20. The van der Waals surface area contributed by atoms with Gasteiger partial charge < -0.3 is 9.30 Å². The molecular weight excluding hydrogens is 322 g/mol. The first-order valence-corrected chi connectivity index (χ1v) is 9.55. The maximum absolute atomic E-state index is 5.45. The van der Waals surface area contributed by atoms with Gasteiger partial charge in [0.2, 0.25) is 0 Å². The zero-order valence-corrected chi connectivity index (χ0v) is 15.7. The van der Waals surface area contributed by atoms with E-state index in [9.17, 15) is 0 Å². The predicted molar refractivity (Wildman–Crippen MR) is 107 cm³/mol. The average Bonchev–Trinajstić information content (AvgIpc) is 3.01. The fraction of sp³-hybridized carbons (Fsp3) is 0.409. The van der Waals surface area contributed by atoms with Crippen molar-refractivity contribution in [1.29, 1.82) is 0 Å². The van der Waals surface area contributed by atoms with E-state index in [1.165, 1.54) is 22.2 Å². The maximum Gasteiger partial charge on any atom is 0.141 e. The van der Waals surface area contributed by atoms with Crippen molar-refractivity contribution in [3.8, 4) is 11.4 Å². The Labute approximate surface area is 155 Å². The third-order valence-electron chi connectivity index (χ3n) is 5.24. The molecule has 0 unspecified atom stereocenters. The van der Waals surface area contributed by atoms with Gasteiger partial charge in [0.1, 0.15) is 5.82 Å². The first-order chi connectivity index (χ1) is 12.7. The van der Waals surface area contributed by atoms with Crippen LogP contribution >= 0.6 is 0 Å². The summed E-state index contributed by atoms with van der Waals surface area (Å²) in [5, 5.41) is 0. The van der Waals surface area contributed by atoms with Gasteiger partial charge in [-0.3, -0.25) is 4.90 Å². The highest BCUT2D eigenvalue weighted by molar-refractivity contribution is 5.81. The second kappa shape index (κ2) is 7.60. The number of hydrogen-bond donors (Lipinski definition) is 0. The summed E-state index contributed by atoms with van der Waals surface area (Å²) in [6, 6.07) is 15.1. The zero-order valence-electron chi connectivity index (χ0n) is 15.7. The van der Waals surface area contributed by atoms with Gasteiger partial charge in [-0.05, 0) is 38.0 Å². The largest absolute Gasteiger partial charge is 0.379 e. The van der Waals surface area contributed by atoms with E-state index in [1.807, 2.05) is 0 Å². The van der Waals surface area contributed by atoms with Crippen LogP contribution in [0.15, 0.2) is 42.5 Å². The SMILES string of the molecule is Cc1ccc(-c2nc3ccccc3n2CCCN2CCOCC2)c(C)c1. The smallest absolute Gasteiger partial charge is 0.141 e. The number of benzene rings is 2. The lowest BCUT2D eigenvalue weighted by atomic mass is 10.1. The van der Waals surface area contributed by atoms with Crippen LogP contribution in [0, 0.1) is 13.8 Å². The van der Waals surface area contributed by atoms with Crippen LogP contribution in [-0.4, -0.2) is 47.3 Å². The van der Waals surface area contributed by atoms with E-state index in [-0.39, 0.29) is 0 Å². The van der Waals surface area contributed by atoms with Crippen molar-refractivity contribution >= 4 is 11.0 Å². The minimum Gasteiger partial charge on any atom is -0.379 e. The number of para-hydroxylation sites is 2. The highest BCUT2D eigenvalue weighted by Crippen LogP contribution is 2.28. The third kappa shape index (κ3) is 3.53. The molecule has 3 aromatic rings. The van der Waals surface area contributed by atoms with Gasteiger partial charge in [-0.25, -0.2) is 4.98 Å². The standard InChI is InChI=1S/C22H27N3O/c1-17-8-9-19(18(2)16-17)22-23-20-6-3-4-7-21(20)25(22)11-5-10-24-12-14-26-15-13-24/h3-4,6-9,16H,5,10-15H2,1-2H3. The Hall–Kier alpha value is -2.17. The summed E-state index contributed by atoms with van der Waals surface area (Å²) >= 11 is 0. The number of hydrogen-bond acceptors (Lipinski definition) is 3. The quantitative estimate of drug-likeness (QED) is 0.696.